The first-order valence-electron chi connectivity index (χ1n) is 6.17. The monoisotopic (exact) mass is 278 g/mol. The lowest BCUT2D eigenvalue weighted by atomic mass is 9.95. The van der Waals surface area contributed by atoms with Gasteiger partial charge in [-0.2, -0.15) is 0 Å². The van der Waals surface area contributed by atoms with Gasteiger partial charge in [-0.1, -0.05) is 29.8 Å². The molecule has 2 aromatic rings. The quantitative estimate of drug-likeness (QED) is 0.884. The van der Waals surface area contributed by atoms with Crippen molar-refractivity contribution in [1.82, 2.24) is 0 Å². The fourth-order valence-corrected chi connectivity index (χ4v) is 2.35. The van der Waals surface area contributed by atoms with Gasteiger partial charge in [0.05, 0.1) is 6.10 Å². The lowest BCUT2D eigenvalue weighted by Crippen LogP contribution is -2.06. The molecule has 0 aliphatic heterocycles. The predicted molar refractivity (Wildman–Crippen MR) is 76.0 cm³/mol. The highest BCUT2D eigenvalue weighted by molar-refractivity contribution is 6.30. The van der Waals surface area contributed by atoms with Gasteiger partial charge in [0.2, 0.25) is 0 Å². The summed E-state index contributed by atoms with van der Waals surface area (Å²) in [6.45, 7) is 3.95. The van der Waals surface area contributed by atoms with Crippen LogP contribution in [-0.4, -0.2) is 5.11 Å². The van der Waals surface area contributed by atoms with Crippen LogP contribution in [0, 0.1) is 19.7 Å². The molecule has 19 heavy (non-hydrogen) atoms. The molecule has 0 spiro atoms. The van der Waals surface area contributed by atoms with E-state index in [2.05, 4.69) is 0 Å². The molecule has 0 radical (unpaired) electrons. The van der Waals surface area contributed by atoms with Crippen LogP contribution in [0.3, 0.4) is 0 Å². The summed E-state index contributed by atoms with van der Waals surface area (Å²) in [6.07, 6.45) is -0.510. The summed E-state index contributed by atoms with van der Waals surface area (Å²) in [4.78, 5) is 0. The molecule has 0 aliphatic rings. The average molecular weight is 279 g/mol. The van der Waals surface area contributed by atoms with Gasteiger partial charge < -0.3 is 5.11 Å². The van der Waals surface area contributed by atoms with Crippen LogP contribution in [0.25, 0.3) is 0 Å². The lowest BCUT2D eigenvalue weighted by Gasteiger charge is -2.16. The Morgan fingerprint density at radius 1 is 1.21 bits per heavy atom. The molecular formula is C16H16ClFO. The van der Waals surface area contributed by atoms with Gasteiger partial charge in [-0.3, -0.25) is 0 Å². The third-order valence-corrected chi connectivity index (χ3v) is 3.66. The van der Waals surface area contributed by atoms with Crippen LogP contribution in [-0.2, 0) is 6.42 Å². The Morgan fingerprint density at radius 3 is 2.68 bits per heavy atom. The largest absolute Gasteiger partial charge is 0.388 e. The van der Waals surface area contributed by atoms with Gasteiger partial charge >= 0.3 is 0 Å². The molecule has 0 bridgehead atoms. The number of halogens is 2. The number of aliphatic hydroxyl groups is 1. The van der Waals surface area contributed by atoms with E-state index in [1.54, 1.807) is 6.07 Å². The standard InChI is InChI=1S/C16H16ClFO/c1-10-4-3-5-14(11(10)2)16(19)9-12-8-13(17)6-7-15(12)18/h3-8,16,19H,9H2,1-2H3. The Balaban J connectivity index is 2.28. The Labute approximate surface area is 117 Å². The minimum atomic E-state index is -0.729. The second kappa shape index (κ2) is 5.72. The number of hydrogen-bond donors (Lipinski definition) is 1. The molecule has 0 heterocycles. The maximum absolute atomic E-state index is 13.7. The summed E-state index contributed by atoms with van der Waals surface area (Å²) in [7, 11) is 0. The fourth-order valence-electron chi connectivity index (χ4n) is 2.15. The average Bonchev–Trinajstić information content (AvgIpc) is 2.37. The van der Waals surface area contributed by atoms with Crippen LogP contribution in [0.1, 0.15) is 28.4 Å². The van der Waals surface area contributed by atoms with Crippen molar-refractivity contribution in [1.29, 1.82) is 0 Å². The van der Waals surface area contributed by atoms with E-state index < -0.39 is 6.10 Å². The van der Waals surface area contributed by atoms with Crippen molar-refractivity contribution in [3.05, 3.63) is 69.5 Å². The molecule has 0 aromatic heterocycles. The minimum absolute atomic E-state index is 0.219. The van der Waals surface area contributed by atoms with Crippen LogP contribution < -0.4 is 0 Å². The molecule has 1 atom stereocenters. The normalized spacial score (nSPS) is 12.5. The second-order valence-electron chi connectivity index (χ2n) is 4.74. The van der Waals surface area contributed by atoms with E-state index in [0.29, 0.717) is 10.6 Å². The molecule has 2 rings (SSSR count). The SMILES string of the molecule is Cc1cccc(C(O)Cc2cc(Cl)ccc2F)c1C. The van der Waals surface area contributed by atoms with Gasteiger partial charge in [-0.25, -0.2) is 4.39 Å². The maximum Gasteiger partial charge on any atom is 0.126 e. The number of hydrogen-bond acceptors (Lipinski definition) is 1. The predicted octanol–water partition coefficient (Wildman–Crippen LogP) is 4.37. The first-order chi connectivity index (χ1) is 8.99. The highest BCUT2D eigenvalue weighted by Gasteiger charge is 2.14. The molecule has 1 N–H and O–H groups in total. The maximum atomic E-state index is 13.7. The summed E-state index contributed by atoms with van der Waals surface area (Å²) in [6, 6.07) is 10.2. The summed E-state index contributed by atoms with van der Waals surface area (Å²) < 4.78 is 13.7. The third-order valence-electron chi connectivity index (χ3n) is 3.43. The van der Waals surface area contributed by atoms with Crippen molar-refractivity contribution in [2.75, 3.05) is 0 Å². The van der Waals surface area contributed by atoms with Gasteiger partial charge in [0, 0.05) is 11.4 Å². The molecule has 0 aliphatic carbocycles. The van der Waals surface area contributed by atoms with Gasteiger partial charge in [-0.15, -0.1) is 0 Å². The number of rotatable bonds is 3. The summed E-state index contributed by atoms with van der Waals surface area (Å²) in [5.74, 6) is -0.339. The van der Waals surface area contributed by atoms with Crippen LogP contribution >= 0.6 is 11.6 Å². The first kappa shape index (κ1) is 14.0. The van der Waals surface area contributed by atoms with Gasteiger partial charge in [0.1, 0.15) is 5.82 Å². The van der Waals surface area contributed by atoms with E-state index in [-0.39, 0.29) is 12.2 Å². The van der Waals surface area contributed by atoms with Crippen LogP contribution in [0.15, 0.2) is 36.4 Å². The van der Waals surface area contributed by atoms with Gasteiger partial charge in [0.25, 0.3) is 0 Å². The second-order valence-corrected chi connectivity index (χ2v) is 5.18. The molecule has 3 heteroatoms. The zero-order valence-corrected chi connectivity index (χ0v) is 11.7. The first-order valence-corrected chi connectivity index (χ1v) is 6.55. The van der Waals surface area contributed by atoms with E-state index in [0.717, 1.165) is 16.7 Å². The number of aryl methyl sites for hydroxylation is 1. The van der Waals surface area contributed by atoms with Gasteiger partial charge in [-0.05, 0) is 54.3 Å². The lowest BCUT2D eigenvalue weighted by molar-refractivity contribution is 0.176. The van der Waals surface area contributed by atoms with Crippen LogP contribution in [0.2, 0.25) is 5.02 Å². The molecule has 1 unspecified atom stereocenters. The molecule has 0 saturated carbocycles. The highest BCUT2D eigenvalue weighted by atomic mass is 35.5. The topological polar surface area (TPSA) is 20.2 Å². The Kier molecular flexibility index (Phi) is 4.23. The molecule has 0 saturated heterocycles. The molecule has 100 valence electrons. The van der Waals surface area contributed by atoms with E-state index in [9.17, 15) is 9.50 Å². The van der Waals surface area contributed by atoms with E-state index in [4.69, 9.17) is 11.6 Å². The van der Waals surface area contributed by atoms with E-state index in [1.165, 1.54) is 12.1 Å². The molecule has 0 fully saturated rings. The minimum Gasteiger partial charge on any atom is -0.388 e. The Morgan fingerprint density at radius 2 is 1.95 bits per heavy atom. The fraction of sp³-hybridized carbons (Fsp3) is 0.250. The zero-order valence-electron chi connectivity index (χ0n) is 11.0. The summed E-state index contributed by atoms with van der Waals surface area (Å²) >= 11 is 5.85. The van der Waals surface area contributed by atoms with Crippen LogP contribution in [0.4, 0.5) is 4.39 Å². The highest BCUT2D eigenvalue weighted by Crippen LogP contribution is 2.25. The van der Waals surface area contributed by atoms with E-state index >= 15 is 0 Å². The smallest absolute Gasteiger partial charge is 0.126 e. The molecule has 1 nitrogen and oxygen atoms in total. The van der Waals surface area contributed by atoms with Gasteiger partial charge in [0.15, 0.2) is 0 Å². The zero-order chi connectivity index (χ0) is 14.0. The number of aliphatic hydroxyl groups excluding tert-OH is 1. The van der Waals surface area contributed by atoms with Crippen molar-refractivity contribution in [2.24, 2.45) is 0 Å². The van der Waals surface area contributed by atoms with Crippen molar-refractivity contribution in [2.45, 2.75) is 26.4 Å². The molecular weight excluding hydrogens is 263 g/mol. The molecule has 2 aromatic carbocycles. The van der Waals surface area contributed by atoms with Crippen molar-refractivity contribution < 1.29 is 9.50 Å². The Bertz CT molecular complexity index is 595. The Hall–Kier alpha value is -1.38. The van der Waals surface area contributed by atoms with E-state index in [1.807, 2.05) is 32.0 Å². The molecule has 0 amide bonds. The van der Waals surface area contributed by atoms with Crippen LogP contribution in [0.5, 0.6) is 0 Å². The third kappa shape index (κ3) is 3.14. The summed E-state index contributed by atoms with van der Waals surface area (Å²) in [5.41, 5.74) is 3.42. The van der Waals surface area contributed by atoms with Crippen molar-refractivity contribution >= 4 is 11.6 Å². The summed E-state index contributed by atoms with van der Waals surface area (Å²) in [5, 5.41) is 10.8. The number of benzene rings is 2. The van der Waals surface area contributed by atoms with Crippen molar-refractivity contribution in [3.63, 3.8) is 0 Å². The van der Waals surface area contributed by atoms with Crippen molar-refractivity contribution in [3.8, 4) is 0 Å².